The van der Waals surface area contributed by atoms with Crippen molar-refractivity contribution < 1.29 is 0 Å². The molecule has 1 saturated heterocycles. The highest BCUT2D eigenvalue weighted by molar-refractivity contribution is 7.16. The first-order valence-corrected chi connectivity index (χ1v) is 7.06. The first-order valence-electron chi connectivity index (χ1n) is 5.81. The minimum Gasteiger partial charge on any atom is -0.355 e. The molecule has 3 nitrogen and oxygen atoms in total. The molecule has 3 heterocycles. The minimum absolute atomic E-state index is 0.349. The summed E-state index contributed by atoms with van der Waals surface area (Å²) in [6, 6.07) is 2.08. The monoisotopic (exact) mass is 267 g/mol. The van der Waals surface area contributed by atoms with Crippen molar-refractivity contribution in [1.82, 2.24) is 9.97 Å². The van der Waals surface area contributed by atoms with Crippen LogP contribution in [0.1, 0.15) is 13.8 Å². The molecule has 0 N–H and O–H groups in total. The van der Waals surface area contributed by atoms with Crippen LogP contribution in [0, 0.1) is 11.8 Å². The lowest BCUT2D eigenvalue weighted by atomic mass is 10.0. The highest BCUT2D eigenvalue weighted by Crippen LogP contribution is 2.33. The number of fused-ring (bicyclic) bond motifs is 1. The predicted molar refractivity (Wildman–Crippen MR) is 73.0 cm³/mol. The molecule has 1 aliphatic rings. The summed E-state index contributed by atoms with van der Waals surface area (Å²) >= 11 is 7.60. The SMILES string of the molecule is CC1CN(c2nc(Cl)nc3sccc23)CC1C. The van der Waals surface area contributed by atoms with Gasteiger partial charge in [-0.25, -0.2) is 4.98 Å². The maximum atomic E-state index is 5.99. The lowest BCUT2D eigenvalue weighted by molar-refractivity contribution is 0.494. The summed E-state index contributed by atoms with van der Waals surface area (Å²) in [4.78, 5) is 12.0. The Hall–Kier alpha value is -0.870. The Balaban J connectivity index is 2.08. The zero-order valence-corrected chi connectivity index (χ0v) is 11.4. The van der Waals surface area contributed by atoms with E-state index in [0.29, 0.717) is 17.1 Å². The van der Waals surface area contributed by atoms with Crippen molar-refractivity contribution in [2.24, 2.45) is 11.8 Å². The molecule has 0 aliphatic carbocycles. The Morgan fingerprint density at radius 3 is 2.71 bits per heavy atom. The Morgan fingerprint density at radius 1 is 1.29 bits per heavy atom. The van der Waals surface area contributed by atoms with E-state index in [4.69, 9.17) is 11.6 Å². The van der Waals surface area contributed by atoms with Crippen molar-refractivity contribution in [2.75, 3.05) is 18.0 Å². The number of anilines is 1. The van der Waals surface area contributed by atoms with E-state index in [1.807, 2.05) is 5.38 Å². The second-order valence-electron chi connectivity index (χ2n) is 4.82. The van der Waals surface area contributed by atoms with E-state index in [-0.39, 0.29) is 0 Å². The number of hydrogen-bond acceptors (Lipinski definition) is 4. The molecular weight excluding hydrogens is 254 g/mol. The van der Waals surface area contributed by atoms with Crippen LogP contribution in [-0.4, -0.2) is 23.1 Å². The van der Waals surface area contributed by atoms with Gasteiger partial charge in [0.05, 0.1) is 5.39 Å². The fourth-order valence-electron chi connectivity index (χ4n) is 2.36. The molecule has 2 aromatic rings. The predicted octanol–water partition coefficient (Wildman–Crippen LogP) is 3.44. The van der Waals surface area contributed by atoms with Gasteiger partial charge < -0.3 is 4.90 Å². The number of hydrogen-bond donors (Lipinski definition) is 0. The maximum absolute atomic E-state index is 5.99. The number of aromatic nitrogens is 2. The van der Waals surface area contributed by atoms with E-state index in [1.165, 1.54) is 0 Å². The molecular formula is C12H14ClN3S. The van der Waals surface area contributed by atoms with Crippen LogP contribution in [0.2, 0.25) is 5.28 Å². The van der Waals surface area contributed by atoms with Gasteiger partial charge in [-0.05, 0) is 34.9 Å². The van der Waals surface area contributed by atoms with E-state index < -0.39 is 0 Å². The van der Waals surface area contributed by atoms with Crippen molar-refractivity contribution in [3.8, 4) is 0 Å². The fourth-order valence-corrected chi connectivity index (χ4v) is 3.33. The Kier molecular flexibility index (Phi) is 2.71. The molecule has 5 heteroatoms. The summed E-state index contributed by atoms with van der Waals surface area (Å²) in [6.45, 7) is 6.69. The van der Waals surface area contributed by atoms with Gasteiger partial charge in [0.25, 0.3) is 0 Å². The van der Waals surface area contributed by atoms with Gasteiger partial charge in [0.1, 0.15) is 10.6 Å². The molecule has 0 aromatic carbocycles. The van der Waals surface area contributed by atoms with Crippen LogP contribution in [-0.2, 0) is 0 Å². The lowest BCUT2D eigenvalue weighted by Crippen LogP contribution is -2.21. The second kappa shape index (κ2) is 4.10. The molecule has 0 saturated carbocycles. The van der Waals surface area contributed by atoms with Crippen LogP contribution in [0.5, 0.6) is 0 Å². The zero-order valence-electron chi connectivity index (χ0n) is 9.85. The summed E-state index contributed by atoms with van der Waals surface area (Å²) < 4.78 is 0. The molecule has 3 rings (SSSR count). The first-order chi connectivity index (χ1) is 8.15. The van der Waals surface area contributed by atoms with Gasteiger partial charge in [-0.1, -0.05) is 13.8 Å². The van der Waals surface area contributed by atoms with Crippen LogP contribution < -0.4 is 4.90 Å². The zero-order chi connectivity index (χ0) is 12.0. The van der Waals surface area contributed by atoms with Crippen molar-refractivity contribution >= 4 is 39.0 Å². The largest absolute Gasteiger partial charge is 0.355 e. The second-order valence-corrected chi connectivity index (χ2v) is 6.05. The average Bonchev–Trinajstić information content (AvgIpc) is 2.85. The first kappa shape index (κ1) is 11.2. The Morgan fingerprint density at radius 2 is 2.00 bits per heavy atom. The normalized spacial score (nSPS) is 24.8. The molecule has 0 amide bonds. The van der Waals surface area contributed by atoms with E-state index in [2.05, 4.69) is 34.8 Å². The summed E-state index contributed by atoms with van der Waals surface area (Å²) in [5, 5.41) is 3.52. The summed E-state index contributed by atoms with van der Waals surface area (Å²) in [5.41, 5.74) is 0. The van der Waals surface area contributed by atoms with Gasteiger partial charge in [-0.3, -0.25) is 0 Å². The summed E-state index contributed by atoms with van der Waals surface area (Å²) in [6.07, 6.45) is 0. The highest BCUT2D eigenvalue weighted by Gasteiger charge is 2.28. The molecule has 0 bridgehead atoms. The van der Waals surface area contributed by atoms with Crippen molar-refractivity contribution in [3.63, 3.8) is 0 Å². The molecule has 2 atom stereocenters. The molecule has 2 aromatic heterocycles. The van der Waals surface area contributed by atoms with Gasteiger partial charge in [-0.15, -0.1) is 11.3 Å². The van der Waals surface area contributed by atoms with Gasteiger partial charge >= 0.3 is 0 Å². The van der Waals surface area contributed by atoms with Crippen LogP contribution in [0.25, 0.3) is 10.2 Å². The van der Waals surface area contributed by atoms with E-state index in [1.54, 1.807) is 11.3 Å². The molecule has 1 aliphatic heterocycles. The number of thiophene rings is 1. The lowest BCUT2D eigenvalue weighted by Gasteiger charge is -2.17. The fraction of sp³-hybridized carbons (Fsp3) is 0.500. The molecule has 0 spiro atoms. The van der Waals surface area contributed by atoms with Gasteiger partial charge in [0, 0.05) is 13.1 Å². The standard InChI is InChI=1S/C12H14ClN3S/c1-7-5-16(6-8(7)2)10-9-3-4-17-11(9)15-12(13)14-10/h3-4,7-8H,5-6H2,1-2H3. The maximum Gasteiger partial charge on any atom is 0.225 e. The third-order valence-corrected chi connectivity index (χ3v) is 4.54. The van der Waals surface area contributed by atoms with E-state index in [0.717, 1.165) is 29.1 Å². The van der Waals surface area contributed by atoms with Crippen LogP contribution >= 0.6 is 22.9 Å². The molecule has 17 heavy (non-hydrogen) atoms. The molecule has 1 fully saturated rings. The van der Waals surface area contributed by atoms with Crippen LogP contribution in [0.3, 0.4) is 0 Å². The number of rotatable bonds is 1. The van der Waals surface area contributed by atoms with Crippen molar-refractivity contribution in [1.29, 1.82) is 0 Å². The third-order valence-electron chi connectivity index (χ3n) is 3.57. The molecule has 90 valence electrons. The number of nitrogens with zero attached hydrogens (tertiary/aromatic N) is 3. The Bertz CT molecular complexity index is 544. The van der Waals surface area contributed by atoms with Gasteiger partial charge in [0.15, 0.2) is 0 Å². The van der Waals surface area contributed by atoms with Gasteiger partial charge in [0.2, 0.25) is 5.28 Å². The molecule has 2 unspecified atom stereocenters. The van der Waals surface area contributed by atoms with Crippen molar-refractivity contribution in [2.45, 2.75) is 13.8 Å². The van der Waals surface area contributed by atoms with Crippen LogP contribution in [0.15, 0.2) is 11.4 Å². The Labute approximate surface area is 109 Å². The third kappa shape index (κ3) is 1.89. The van der Waals surface area contributed by atoms with E-state index >= 15 is 0 Å². The van der Waals surface area contributed by atoms with Crippen LogP contribution in [0.4, 0.5) is 5.82 Å². The van der Waals surface area contributed by atoms with E-state index in [9.17, 15) is 0 Å². The van der Waals surface area contributed by atoms with Crippen molar-refractivity contribution in [3.05, 3.63) is 16.7 Å². The summed E-state index contributed by atoms with van der Waals surface area (Å²) in [5.74, 6) is 2.41. The average molecular weight is 268 g/mol. The quantitative estimate of drug-likeness (QED) is 0.741. The minimum atomic E-state index is 0.349. The smallest absolute Gasteiger partial charge is 0.225 e. The molecule has 0 radical (unpaired) electrons. The van der Waals surface area contributed by atoms with Gasteiger partial charge in [-0.2, -0.15) is 4.98 Å². The highest BCUT2D eigenvalue weighted by atomic mass is 35.5. The topological polar surface area (TPSA) is 29.0 Å². The number of halogens is 1. The summed E-state index contributed by atoms with van der Waals surface area (Å²) in [7, 11) is 0.